The van der Waals surface area contributed by atoms with Crippen molar-refractivity contribution in [3.05, 3.63) is 46.0 Å². The van der Waals surface area contributed by atoms with Gasteiger partial charge in [0.1, 0.15) is 0 Å². The number of hydrogen-bond acceptors (Lipinski definition) is 3. The second kappa shape index (κ2) is 6.96. The smallest absolute Gasteiger partial charge is 0.306 e. The number of rotatable bonds is 4. The van der Waals surface area contributed by atoms with E-state index in [1.165, 1.54) is 25.7 Å². The molecule has 1 aromatic carbocycles. The molecule has 2 aromatic heterocycles. The number of hydrogen-bond donors (Lipinski definition) is 3. The van der Waals surface area contributed by atoms with Crippen LogP contribution in [0.15, 0.2) is 29.1 Å². The van der Waals surface area contributed by atoms with E-state index in [2.05, 4.69) is 20.5 Å². The number of nitrogens with zero attached hydrogens (tertiary/aromatic N) is 2. The lowest BCUT2D eigenvalue weighted by Crippen LogP contribution is -2.20. The fourth-order valence-corrected chi connectivity index (χ4v) is 4.83. The number of amides is 1. The highest BCUT2D eigenvalue weighted by atomic mass is 16.2. The van der Waals surface area contributed by atoms with Crippen LogP contribution in [0.25, 0.3) is 11.0 Å². The Kier molecular flexibility index (Phi) is 4.30. The first-order chi connectivity index (χ1) is 13.7. The molecule has 0 bridgehead atoms. The Morgan fingerprint density at radius 1 is 1.07 bits per heavy atom. The molecule has 2 aliphatic carbocycles. The van der Waals surface area contributed by atoms with Crippen LogP contribution in [-0.2, 0) is 0 Å². The number of fused-ring (bicyclic) bond motifs is 1. The van der Waals surface area contributed by atoms with Crippen LogP contribution in [-0.4, -0.2) is 25.7 Å². The van der Waals surface area contributed by atoms with Crippen molar-refractivity contribution in [3.8, 4) is 0 Å². The third kappa shape index (κ3) is 3.04. The molecule has 0 unspecified atom stereocenters. The van der Waals surface area contributed by atoms with Gasteiger partial charge in [0, 0.05) is 29.3 Å². The zero-order valence-electron chi connectivity index (χ0n) is 15.8. The lowest BCUT2D eigenvalue weighted by molar-refractivity contribution is 0.102. The number of carbonyl (C=O) groups excluding carboxylic acids is 1. The first-order valence-electron chi connectivity index (χ1n) is 10.3. The fraction of sp³-hybridized carbons (Fsp3) is 0.476. The van der Waals surface area contributed by atoms with Gasteiger partial charge in [-0.1, -0.05) is 25.7 Å². The molecule has 2 aliphatic rings. The van der Waals surface area contributed by atoms with Crippen molar-refractivity contribution in [3.63, 3.8) is 0 Å². The summed E-state index contributed by atoms with van der Waals surface area (Å²) < 4.78 is 1.85. The van der Waals surface area contributed by atoms with Gasteiger partial charge in [0.25, 0.3) is 5.91 Å². The van der Waals surface area contributed by atoms with E-state index in [9.17, 15) is 9.59 Å². The van der Waals surface area contributed by atoms with E-state index in [1.54, 1.807) is 12.1 Å². The number of nitrogens with one attached hydrogen (secondary N) is 3. The summed E-state index contributed by atoms with van der Waals surface area (Å²) in [5.41, 5.74) is 3.10. The Bertz CT molecular complexity index is 1060. The predicted molar refractivity (Wildman–Crippen MR) is 108 cm³/mol. The molecule has 0 saturated heterocycles. The third-order valence-electron chi connectivity index (χ3n) is 6.30. The summed E-state index contributed by atoms with van der Waals surface area (Å²) in [5, 5.41) is 10.2. The van der Waals surface area contributed by atoms with Crippen LogP contribution in [0, 0.1) is 0 Å². The highest BCUT2D eigenvalue weighted by Gasteiger charge is 2.22. The van der Waals surface area contributed by atoms with E-state index in [0.29, 0.717) is 22.8 Å². The molecule has 2 fully saturated rings. The highest BCUT2D eigenvalue weighted by Crippen LogP contribution is 2.34. The van der Waals surface area contributed by atoms with Crippen LogP contribution < -0.4 is 11.0 Å². The number of anilines is 1. The van der Waals surface area contributed by atoms with Gasteiger partial charge < -0.3 is 10.3 Å². The summed E-state index contributed by atoms with van der Waals surface area (Å²) in [6.45, 7) is 0. The summed E-state index contributed by atoms with van der Waals surface area (Å²) in [6, 6.07) is 7.60. The number of aromatic nitrogens is 4. The lowest BCUT2D eigenvalue weighted by atomic mass is 10.0. The second-order valence-corrected chi connectivity index (χ2v) is 8.11. The van der Waals surface area contributed by atoms with E-state index in [4.69, 9.17) is 0 Å². The second-order valence-electron chi connectivity index (χ2n) is 8.11. The van der Waals surface area contributed by atoms with Gasteiger partial charge in [0.2, 0.25) is 0 Å². The monoisotopic (exact) mass is 379 g/mol. The summed E-state index contributed by atoms with van der Waals surface area (Å²) in [4.78, 5) is 28.0. The Labute approximate surface area is 162 Å². The van der Waals surface area contributed by atoms with Crippen LogP contribution in [0.3, 0.4) is 0 Å². The van der Waals surface area contributed by atoms with Crippen molar-refractivity contribution in [1.29, 1.82) is 0 Å². The minimum Gasteiger partial charge on any atom is -0.306 e. The molecule has 0 radical (unpaired) electrons. The minimum absolute atomic E-state index is 0.0898. The Morgan fingerprint density at radius 3 is 2.61 bits per heavy atom. The van der Waals surface area contributed by atoms with Crippen LogP contribution >= 0.6 is 0 Å². The van der Waals surface area contributed by atoms with Crippen LogP contribution in [0.2, 0.25) is 0 Å². The number of benzene rings is 1. The van der Waals surface area contributed by atoms with Crippen molar-refractivity contribution >= 4 is 22.8 Å². The minimum atomic E-state index is -0.221. The van der Waals surface area contributed by atoms with Crippen molar-refractivity contribution in [1.82, 2.24) is 19.7 Å². The van der Waals surface area contributed by atoms with Crippen molar-refractivity contribution in [2.24, 2.45) is 0 Å². The van der Waals surface area contributed by atoms with Crippen molar-refractivity contribution in [2.45, 2.75) is 63.3 Å². The molecule has 0 atom stereocenters. The number of H-pyrrole nitrogens is 2. The summed E-state index contributed by atoms with van der Waals surface area (Å²) in [6.07, 6.45) is 9.27. The standard InChI is InChI=1S/C21H25N5O2/c27-20(23-19-12-16(24-25-19)13-5-1-2-6-13)14-9-10-18-17(11-14)22-21(28)26(18)15-7-3-4-8-15/h9-13,15H,1-8H2,(H,22,28)(H2,23,24,25,27). The van der Waals surface area contributed by atoms with Gasteiger partial charge in [-0.2, -0.15) is 5.10 Å². The van der Waals surface area contributed by atoms with Gasteiger partial charge in [0.15, 0.2) is 5.82 Å². The quantitative estimate of drug-likeness (QED) is 0.637. The van der Waals surface area contributed by atoms with Crippen LogP contribution in [0.4, 0.5) is 5.82 Å². The SMILES string of the molecule is O=C(Nc1cc(C2CCCC2)[nH]n1)c1ccc2c(c1)[nH]c(=O)n2C1CCCC1. The maximum atomic E-state index is 12.7. The first-order valence-corrected chi connectivity index (χ1v) is 10.3. The third-order valence-corrected chi connectivity index (χ3v) is 6.30. The molecule has 7 nitrogen and oxygen atoms in total. The Hall–Kier alpha value is -2.83. The van der Waals surface area contributed by atoms with E-state index in [1.807, 2.05) is 16.7 Å². The van der Waals surface area contributed by atoms with Crippen LogP contribution in [0.1, 0.15) is 79.4 Å². The zero-order valence-corrected chi connectivity index (χ0v) is 15.8. The average molecular weight is 379 g/mol. The van der Waals surface area contributed by atoms with E-state index in [-0.39, 0.29) is 17.6 Å². The van der Waals surface area contributed by atoms with Gasteiger partial charge in [0.05, 0.1) is 11.0 Å². The number of imidazole rings is 1. The molecule has 3 aromatic rings. The Balaban J connectivity index is 1.37. The molecule has 1 amide bonds. The average Bonchev–Trinajstić information content (AvgIpc) is 3.46. The van der Waals surface area contributed by atoms with Crippen molar-refractivity contribution in [2.75, 3.05) is 5.32 Å². The van der Waals surface area contributed by atoms with Gasteiger partial charge in [-0.05, 0) is 43.9 Å². The largest absolute Gasteiger partial charge is 0.326 e. The highest BCUT2D eigenvalue weighted by molar-refractivity contribution is 6.05. The molecule has 3 N–H and O–H groups in total. The zero-order chi connectivity index (χ0) is 19.1. The first kappa shape index (κ1) is 17.3. The van der Waals surface area contributed by atoms with Crippen LogP contribution in [0.5, 0.6) is 0 Å². The molecule has 7 heteroatoms. The fourth-order valence-electron chi connectivity index (χ4n) is 4.83. The molecule has 0 spiro atoms. The molecule has 2 heterocycles. The van der Waals surface area contributed by atoms with Gasteiger partial charge in [-0.3, -0.25) is 14.5 Å². The molecule has 28 heavy (non-hydrogen) atoms. The normalized spacial score (nSPS) is 18.3. The molecule has 0 aliphatic heterocycles. The molecule has 2 saturated carbocycles. The van der Waals surface area contributed by atoms with E-state index in [0.717, 1.165) is 36.9 Å². The van der Waals surface area contributed by atoms with Gasteiger partial charge in [-0.25, -0.2) is 4.79 Å². The van der Waals surface area contributed by atoms with Gasteiger partial charge >= 0.3 is 5.69 Å². The summed E-state index contributed by atoms with van der Waals surface area (Å²) in [5.74, 6) is 0.847. The molecular weight excluding hydrogens is 354 g/mol. The predicted octanol–water partition coefficient (Wildman–Crippen LogP) is 4.08. The molecule has 146 valence electrons. The Morgan fingerprint density at radius 2 is 1.82 bits per heavy atom. The topological polar surface area (TPSA) is 95.6 Å². The maximum Gasteiger partial charge on any atom is 0.326 e. The van der Waals surface area contributed by atoms with E-state index >= 15 is 0 Å². The molecule has 5 rings (SSSR count). The maximum absolute atomic E-state index is 12.7. The number of aromatic amines is 2. The molecular formula is C21H25N5O2. The summed E-state index contributed by atoms with van der Waals surface area (Å²) >= 11 is 0. The van der Waals surface area contributed by atoms with Gasteiger partial charge in [-0.15, -0.1) is 0 Å². The van der Waals surface area contributed by atoms with Crippen molar-refractivity contribution < 1.29 is 4.79 Å². The summed E-state index contributed by atoms with van der Waals surface area (Å²) in [7, 11) is 0. The number of carbonyl (C=O) groups is 1. The van der Waals surface area contributed by atoms with E-state index < -0.39 is 0 Å². The lowest BCUT2D eigenvalue weighted by Gasteiger charge is -2.11.